The molecule has 1 heterocycles. The van der Waals surface area contributed by atoms with Crippen molar-refractivity contribution in [3.63, 3.8) is 0 Å². The lowest BCUT2D eigenvalue weighted by molar-refractivity contribution is -0.385. The van der Waals surface area contributed by atoms with Crippen molar-refractivity contribution in [3.8, 4) is 17.2 Å². The van der Waals surface area contributed by atoms with Crippen molar-refractivity contribution in [2.45, 2.75) is 26.9 Å². The van der Waals surface area contributed by atoms with Gasteiger partial charge < -0.3 is 13.9 Å². The predicted molar refractivity (Wildman–Crippen MR) is 126 cm³/mol. The van der Waals surface area contributed by atoms with E-state index < -0.39 is 39.6 Å². The molecule has 0 N–H and O–H groups in total. The largest absolute Gasteiger partial charge is 0.453 e. The first-order valence-corrected chi connectivity index (χ1v) is 10.7. The van der Waals surface area contributed by atoms with Crippen LogP contribution in [0.5, 0.6) is 17.2 Å². The monoisotopic (exact) mass is 513 g/mol. The molecule has 0 spiro atoms. The zero-order valence-electron chi connectivity index (χ0n) is 19.6. The number of ether oxygens (including phenoxy) is 2. The van der Waals surface area contributed by atoms with E-state index in [9.17, 15) is 32.9 Å². The van der Waals surface area contributed by atoms with Crippen LogP contribution >= 0.6 is 0 Å². The van der Waals surface area contributed by atoms with Gasteiger partial charge in [-0.3, -0.25) is 14.9 Å². The number of hydrogen-bond donors (Lipinski definition) is 0. The minimum absolute atomic E-state index is 0.0159. The summed E-state index contributed by atoms with van der Waals surface area (Å²) < 4.78 is 57.1. The van der Waals surface area contributed by atoms with Crippen LogP contribution in [0.3, 0.4) is 0 Å². The van der Waals surface area contributed by atoms with Crippen LogP contribution in [0.25, 0.3) is 11.0 Å². The Hall–Kier alpha value is -4.67. The van der Waals surface area contributed by atoms with Gasteiger partial charge in [-0.05, 0) is 68.3 Å². The topological polar surface area (TPSA) is 109 Å². The Balaban J connectivity index is 1.73. The Morgan fingerprint density at radius 1 is 0.946 bits per heavy atom. The molecule has 0 aliphatic heterocycles. The van der Waals surface area contributed by atoms with Gasteiger partial charge in [-0.1, -0.05) is 6.07 Å². The Bertz CT molecular complexity index is 1600. The highest BCUT2D eigenvalue weighted by molar-refractivity contribution is 5.92. The van der Waals surface area contributed by atoms with Crippen LogP contribution in [0.15, 0.2) is 63.8 Å². The van der Waals surface area contributed by atoms with E-state index in [2.05, 4.69) is 0 Å². The van der Waals surface area contributed by atoms with Gasteiger partial charge in [0.2, 0.25) is 11.2 Å². The molecule has 0 radical (unpaired) electrons. The van der Waals surface area contributed by atoms with E-state index in [1.54, 1.807) is 19.9 Å². The van der Waals surface area contributed by atoms with Crippen LogP contribution in [-0.2, 0) is 6.18 Å². The summed E-state index contributed by atoms with van der Waals surface area (Å²) in [5, 5.41) is 10.7. The third-order valence-electron chi connectivity index (χ3n) is 5.33. The molecule has 8 nitrogen and oxygen atoms in total. The van der Waals surface area contributed by atoms with Gasteiger partial charge in [0.15, 0.2) is 0 Å². The number of fused-ring (bicyclic) bond motifs is 1. The number of nitrogens with zero attached hydrogens (tertiary/aromatic N) is 1. The number of nitro benzene ring substituents is 1. The van der Waals surface area contributed by atoms with Gasteiger partial charge in [0.25, 0.3) is 11.4 Å². The summed E-state index contributed by atoms with van der Waals surface area (Å²) >= 11 is 0. The summed E-state index contributed by atoms with van der Waals surface area (Å²) in [5.74, 6) is -3.73. The number of carbonyl (C=O) groups excluding carboxylic acids is 1. The minimum Gasteiger partial charge on any atom is -0.449 e. The van der Waals surface area contributed by atoms with Crippen molar-refractivity contribution < 1.29 is 36.8 Å². The average Bonchev–Trinajstić information content (AvgIpc) is 2.79. The number of rotatable bonds is 5. The maximum Gasteiger partial charge on any atom is 0.453 e. The lowest BCUT2D eigenvalue weighted by Crippen LogP contribution is -2.16. The third kappa shape index (κ3) is 5.30. The fourth-order valence-electron chi connectivity index (χ4n) is 3.76. The molecule has 0 fully saturated rings. The average molecular weight is 513 g/mol. The molecule has 4 rings (SSSR count). The molecule has 3 aromatic carbocycles. The molecule has 0 aliphatic rings. The van der Waals surface area contributed by atoms with Crippen LogP contribution < -0.4 is 14.9 Å². The van der Waals surface area contributed by atoms with Crippen molar-refractivity contribution in [1.29, 1.82) is 0 Å². The van der Waals surface area contributed by atoms with Crippen LogP contribution in [0.2, 0.25) is 0 Å². The second-order valence-electron chi connectivity index (χ2n) is 8.32. The van der Waals surface area contributed by atoms with Crippen molar-refractivity contribution in [2.24, 2.45) is 0 Å². The van der Waals surface area contributed by atoms with E-state index in [1.807, 2.05) is 0 Å². The van der Waals surface area contributed by atoms with Gasteiger partial charge in [0.05, 0.1) is 15.9 Å². The highest BCUT2D eigenvalue weighted by atomic mass is 19.4. The van der Waals surface area contributed by atoms with E-state index >= 15 is 0 Å². The van der Waals surface area contributed by atoms with E-state index in [-0.39, 0.29) is 33.7 Å². The molecule has 0 aliphatic carbocycles. The van der Waals surface area contributed by atoms with Crippen molar-refractivity contribution in [1.82, 2.24) is 0 Å². The molecule has 4 aromatic rings. The second kappa shape index (κ2) is 9.41. The molecule has 0 bridgehead atoms. The number of alkyl halides is 3. The first kappa shape index (κ1) is 25.4. The molecule has 11 heteroatoms. The maximum atomic E-state index is 13.8. The molecule has 0 amide bonds. The quantitative estimate of drug-likeness (QED) is 0.127. The molecule has 190 valence electrons. The number of nitro groups is 1. The Morgan fingerprint density at radius 3 is 2.22 bits per heavy atom. The summed E-state index contributed by atoms with van der Waals surface area (Å²) in [4.78, 5) is 35.9. The smallest absolute Gasteiger partial charge is 0.449 e. The summed E-state index contributed by atoms with van der Waals surface area (Å²) in [6.07, 6.45) is -5.06. The summed E-state index contributed by atoms with van der Waals surface area (Å²) in [6, 6.07) is 11.7. The van der Waals surface area contributed by atoms with Gasteiger partial charge in [0, 0.05) is 17.7 Å². The van der Waals surface area contributed by atoms with E-state index in [1.165, 1.54) is 37.3 Å². The molecule has 0 saturated heterocycles. The first-order chi connectivity index (χ1) is 17.3. The van der Waals surface area contributed by atoms with E-state index in [0.717, 1.165) is 29.3 Å². The number of halogens is 3. The van der Waals surface area contributed by atoms with E-state index in [4.69, 9.17) is 13.9 Å². The van der Waals surface area contributed by atoms with Gasteiger partial charge in [-0.25, -0.2) is 4.79 Å². The second-order valence-corrected chi connectivity index (χ2v) is 8.32. The normalized spacial score (nSPS) is 11.4. The molecule has 0 atom stereocenters. The van der Waals surface area contributed by atoms with Gasteiger partial charge >= 0.3 is 12.1 Å². The lowest BCUT2D eigenvalue weighted by atomic mass is 10.1. The maximum absolute atomic E-state index is 13.8. The van der Waals surface area contributed by atoms with Crippen LogP contribution in [0.4, 0.5) is 18.9 Å². The fraction of sp³-hybridized carbons (Fsp3) is 0.154. The predicted octanol–water partition coefficient (Wildman–Crippen LogP) is 6.66. The number of carbonyl (C=O) groups is 1. The Kier molecular flexibility index (Phi) is 6.47. The number of benzene rings is 3. The SMILES string of the molecule is Cc1cc(C)cc(Oc2c(C(F)(F)F)oc3cc(OC(=O)c4ccc([N+](=O)[O-])c(C)c4)ccc3c2=O)c1. The molecule has 0 unspecified atom stereocenters. The van der Waals surface area contributed by atoms with Crippen LogP contribution in [-0.4, -0.2) is 10.9 Å². The van der Waals surface area contributed by atoms with Gasteiger partial charge in [-0.2, -0.15) is 13.2 Å². The molecule has 37 heavy (non-hydrogen) atoms. The minimum atomic E-state index is -5.06. The zero-order valence-corrected chi connectivity index (χ0v) is 19.6. The van der Waals surface area contributed by atoms with E-state index in [0.29, 0.717) is 0 Å². The molecule has 0 saturated carbocycles. The number of esters is 1. The summed E-state index contributed by atoms with van der Waals surface area (Å²) in [5.41, 5.74) is -0.0748. The molecular weight excluding hydrogens is 495 g/mol. The summed E-state index contributed by atoms with van der Waals surface area (Å²) in [6.45, 7) is 4.90. The van der Waals surface area contributed by atoms with Crippen molar-refractivity contribution >= 4 is 22.6 Å². The van der Waals surface area contributed by atoms with Crippen molar-refractivity contribution in [2.75, 3.05) is 0 Å². The molecular formula is C26H18F3NO7. The van der Waals surface area contributed by atoms with Crippen LogP contribution in [0, 0.1) is 30.9 Å². The van der Waals surface area contributed by atoms with Gasteiger partial charge in [-0.15, -0.1) is 0 Å². The van der Waals surface area contributed by atoms with Gasteiger partial charge in [0.1, 0.15) is 17.1 Å². The Labute approximate surface area is 207 Å². The zero-order chi connectivity index (χ0) is 27.1. The highest BCUT2D eigenvalue weighted by Crippen LogP contribution is 2.39. The third-order valence-corrected chi connectivity index (χ3v) is 5.33. The standard InChI is InChI=1S/C26H18F3NO7/c1-13-8-14(2)10-18(9-13)35-23-22(31)19-6-5-17(12-21(19)37-24(23)26(27,28)29)36-25(32)16-4-7-20(30(33)34)15(3)11-16/h4-12H,1-3H3. The molecule has 1 aromatic heterocycles. The Morgan fingerprint density at radius 2 is 1.62 bits per heavy atom. The fourth-order valence-corrected chi connectivity index (χ4v) is 3.76. The first-order valence-electron chi connectivity index (χ1n) is 10.7. The lowest BCUT2D eigenvalue weighted by Gasteiger charge is -2.14. The number of hydrogen-bond acceptors (Lipinski definition) is 7. The van der Waals surface area contributed by atoms with Crippen molar-refractivity contribution in [3.05, 3.63) is 103 Å². The summed E-state index contributed by atoms with van der Waals surface area (Å²) in [7, 11) is 0. The highest BCUT2D eigenvalue weighted by Gasteiger charge is 2.40. The van der Waals surface area contributed by atoms with Crippen LogP contribution in [0.1, 0.15) is 32.8 Å². The number of aryl methyl sites for hydroxylation is 3.